The first-order chi connectivity index (χ1) is 9.43. The Labute approximate surface area is 155 Å². The van der Waals surface area contributed by atoms with Gasteiger partial charge in [-0.1, -0.05) is 25.7 Å². The molecular formula is C14H22CdCl2O4. The van der Waals surface area contributed by atoms with Crippen molar-refractivity contribution >= 4 is 35.1 Å². The molecule has 0 bridgehead atoms. The van der Waals surface area contributed by atoms with Gasteiger partial charge in [0.15, 0.2) is 0 Å². The van der Waals surface area contributed by atoms with Gasteiger partial charge in [-0.05, 0) is 25.7 Å². The molecule has 0 heterocycles. The number of rotatable bonds is 2. The molecule has 0 spiro atoms. The molecular weight excluding hydrogens is 415 g/mol. The Morgan fingerprint density at radius 2 is 1.00 bits per heavy atom. The van der Waals surface area contributed by atoms with E-state index in [9.17, 15) is 9.59 Å². The summed E-state index contributed by atoms with van der Waals surface area (Å²) < 4.78 is 0. The van der Waals surface area contributed by atoms with E-state index in [4.69, 9.17) is 33.4 Å². The number of carbonyl (C=O) groups is 2. The third-order valence-electron chi connectivity index (χ3n) is 4.00. The van der Waals surface area contributed by atoms with Gasteiger partial charge in [0.2, 0.25) is 0 Å². The van der Waals surface area contributed by atoms with Gasteiger partial charge < -0.3 is 10.2 Å². The summed E-state index contributed by atoms with van der Waals surface area (Å²) >= 11 is 11.6. The minimum absolute atomic E-state index is 0. The number of hydrogen-bond donors (Lipinski definition) is 2. The number of hydrogen-bond acceptors (Lipinski definition) is 2. The Morgan fingerprint density at radius 1 is 0.714 bits per heavy atom. The summed E-state index contributed by atoms with van der Waals surface area (Å²) in [5.41, 5.74) is 0. The van der Waals surface area contributed by atoms with Crippen molar-refractivity contribution < 1.29 is 47.1 Å². The molecule has 0 radical (unpaired) electrons. The summed E-state index contributed by atoms with van der Waals surface area (Å²) in [7, 11) is 0. The van der Waals surface area contributed by atoms with Gasteiger partial charge in [0.05, 0.1) is 11.8 Å². The first-order valence-corrected chi connectivity index (χ1v) is 8.04. The van der Waals surface area contributed by atoms with Crippen molar-refractivity contribution in [2.75, 3.05) is 0 Å². The Balaban J connectivity index is 0.000000364. The van der Waals surface area contributed by atoms with Crippen LogP contribution in [-0.4, -0.2) is 32.9 Å². The zero-order valence-electron chi connectivity index (χ0n) is 12.1. The SMILES string of the molecule is O=C(O)C1CCCCC1Cl.O=C(O)C1CCCCC1Cl.[Cd]. The second-order valence-electron chi connectivity index (χ2n) is 5.49. The molecule has 0 aromatic heterocycles. The van der Waals surface area contributed by atoms with E-state index < -0.39 is 11.9 Å². The molecule has 21 heavy (non-hydrogen) atoms. The predicted octanol–water partition coefficient (Wildman–Crippen LogP) is 3.73. The topological polar surface area (TPSA) is 74.6 Å². The third-order valence-corrected chi connectivity index (χ3v) is 5.04. The zero-order valence-corrected chi connectivity index (χ0v) is 17.7. The van der Waals surface area contributed by atoms with Gasteiger partial charge in [-0.25, -0.2) is 0 Å². The fourth-order valence-corrected chi connectivity index (χ4v) is 3.50. The van der Waals surface area contributed by atoms with Crippen LogP contribution in [0.15, 0.2) is 0 Å². The van der Waals surface area contributed by atoms with Crippen molar-refractivity contribution in [1.29, 1.82) is 0 Å². The Kier molecular flexibility index (Phi) is 11.3. The van der Waals surface area contributed by atoms with Crippen LogP contribution in [0.2, 0.25) is 0 Å². The normalized spacial score (nSPS) is 32.1. The van der Waals surface area contributed by atoms with Crippen molar-refractivity contribution in [3.05, 3.63) is 0 Å². The van der Waals surface area contributed by atoms with Gasteiger partial charge in [-0.3, -0.25) is 9.59 Å². The van der Waals surface area contributed by atoms with Gasteiger partial charge in [0.25, 0.3) is 0 Å². The fraction of sp³-hybridized carbons (Fsp3) is 0.857. The summed E-state index contributed by atoms with van der Waals surface area (Å²) in [6.07, 6.45) is 7.42. The Morgan fingerprint density at radius 3 is 1.19 bits per heavy atom. The summed E-state index contributed by atoms with van der Waals surface area (Å²) in [4.78, 5) is 21.0. The third kappa shape index (κ3) is 7.50. The maximum absolute atomic E-state index is 10.5. The van der Waals surface area contributed by atoms with Gasteiger partial charge >= 0.3 is 11.9 Å². The minimum atomic E-state index is -0.736. The van der Waals surface area contributed by atoms with Gasteiger partial charge in [0.1, 0.15) is 0 Å². The van der Waals surface area contributed by atoms with Crippen molar-refractivity contribution in [1.82, 2.24) is 0 Å². The molecule has 7 heteroatoms. The van der Waals surface area contributed by atoms with Crippen LogP contribution in [0.3, 0.4) is 0 Å². The first-order valence-electron chi connectivity index (χ1n) is 7.17. The maximum Gasteiger partial charge on any atom is 0.307 e. The van der Waals surface area contributed by atoms with Crippen LogP contribution in [0.5, 0.6) is 0 Å². The van der Waals surface area contributed by atoms with E-state index in [1.54, 1.807) is 0 Å². The molecule has 0 saturated heterocycles. The molecule has 4 unspecified atom stereocenters. The van der Waals surface area contributed by atoms with Crippen LogP contribution in [0.25, 0.3) is 0 Å². The summed E-state index contributed by atoms with van der Waals surface area (Å²) in [5.74, 6) is -2.06. The number of aliphatic carboxylic acids is 2. The monoisotopic (exact) mass is 438 g/mol. The van der Waals surface area contributed by atoms with Crippen LogP contribution in [-0.2, 0) is 36.9 Å². The van der Waals surface area contributed by atoms with E-state index in [2.05, 4.69) is 0 Å². The van der Waals surface area contributed by atoms with E-state index >= 15 is 0 Å². The number of carboxylic acids is 2. The average Bonchev–Trinajstić information content (AvgIpc) is 2.40. The zero-order chi connectivity index (χ0) is 15.1. The van der Waals surface area contributed by atoms with Crippen molar-refractivity contribution in [2.45, 2.75) is 62.1 Å². The largest absolute Gasteiger partial charge is 0.481 e. The van der Waals surface area contributed by atoms with Gasteiger partial charge in [0, 0.05) is 38.1 Å². The number of alkyl halides is 2. The van der Waals surface area contributed by atoms with Crippen LogP contribution in [0.1, 0.15) is 51.4 Å². The molecule has 4 atom stereocenters. The second kappa shape index (κ2) is 11.1. The van der Waals surface area contributed by atoms with Gasteiger partial charge in [-0.2, -0.15) is 0 Å². The molecule has 2 rings (SSSR count). The molecule has 0 aliphatic heterocycles. The average molecular weight is 438 g/mol. The quantitative estimate of drug-likeness (QED) is 0.510. The van der Waals surface area contributed by atoms with Crippen molar-refractivity contribution in [3.63, 3.8) is 0 Å². The number of carboxylic acid groups (broad SMARTS) is 2. The maximum atomic E-state index is 10.5. The first kappa shape index (κ1) is 21.4. The van der Waals surface area contributed by atoms with Crippen LogP contribution >= 0.6 is 23.2 Å². The fourth-order valence-electron chi connectivity index (χ4n) is 2.73. The Hall–Kier alpha value is 0.442. The van der Waals surface area contributed by atoms with Crippen LogP contribution < -0.4 is 0 Å². The number of halogens is 2. The van der Waals surface area contributed by atoms with Crippen molar-refractivity contribution in [2.24, 2.45) is 11.8 Å². The molecule has 118 valence electrons. The second-order valence-corrected chi connectivity index (χ2v) is 6.61. The molecule has 0 aromatic carbocycles. The Bertz CT molecular complexity index is 309. The molecule has 2 aliphatic rings. The standard InChI is InChI=1S/2C7H11ClO2.Cd/c2*8-6-4-2-1-3-5(6)7(9)10;/h2*5-6H,1-4H2,(H,9,10);. The summed E-state index contributed by atoms with van der Waals surface area (Å²) in [5, 5.41) is 17.0. The summed E-state index contributed by atoms with van der Waals surface area (Å²) in [6, 6.07) is 0. The molecule has 0 amide bonds. The van der Waals surface area contributed by atoms with Crippen molar-refractivity contribution in [3.8, 4) is 0 Å². The molecule has 4 nitrogen and oxygen atoms in total. The summed E-state index contributed by atoms with van der Waals surface area (Å²) in [6.45, 7) is 0. The molecule has 2 fully saturated rings. The molecule has 2 saturated carbocycles. The predicted molar refractivity (Wildman–Crippen MR) is 78.5 cm³/mol. The van der Waals surface area contributed by atoms with Crippen LogP contribution in [0.4, 0.5) is 0 Å². The van der Waals surface area contributed by atoms with E-state index in [1.807, 2.05) is 0 Å². The minimum Gasteiger partial charge on any atom is -0.481 e. The smallest absolute Gasteiger partial charge is 0.307 e. The molecule has 2 aliphatic carbocycles. The van der Waals surface area contributed by atoms with E-state index in [1.165, 1.54) is 0 Å². The van der Waals surface area contributed by atoms with E-state index in [0.29, 0.717) is 0 Å². The molecule has 2 N–H and O–H groups in total. The van der Waals surface area contributed by atoms with E-state index in [-0.39, 0.29) is 49.9 Å². The van der Waals surface area contributed by atoms with E-state index in [0.717, 1.165) is 51.4 Å². The van der Waals surface area contributed by atoms with Crippen LogP contribution in [0, 0.1) is 11.8 Å². The molecule has 0 aromatic rings. The van der Waals surface area contributed by atoms with Gasteiger partial charge in [-0.15, -0.1) is 23.2 Å².